The molecule has 2 fully saturated rings. The summed E-state index contributed by atoms with van der Waals surface area (Å²) in [5.41, 5.74) is 0.736. The van der Waals surface area contributed by atoms with Crippen molar-refractivity contribution in [2.45, 2.75) is 29.6 Å². The van der Waals surface area contributed by atoms with Gasteiger partial charge in [0, 0.05) is 40.4 Å². The summed E-state index contributed by atoms with van der Waals surface area (Å²) >= 11 is 7.10. The Bertz CT molecular complexity index is 1620. The number of carbonyl (C=O) groups excluding carboxylic acids is 1. The number of benzene rings is 2. The minimum Gasteiger partial charge on any atom is -0.308 e. The second kappa shape index (κ2) is 9.48. The number of aromatic nitrogens is 2. The number of likely N-dealkylation sites (tertiary alicyclic amines) is 1. The van der Waals surface area contributed by atoms with Gasteiger partial charge in [-0.3, -0.25) is 9.69 Å². The van der Waals surface area contributed by atoms with E-state index in [4.69, 9.17) is 11.6 Å². The average molecular weight is 560 g/mol. The van der Waals surface area contributed by atoms with E-state index in [-0.39, 0.29) is 22.9 Å². The highest BCUT2D eigenvalue weighted by Gasteiger charge is 2.37. The van der Waals surface area contributed by atoms with Crippen LogP contribution in [0.4, 0.5) is 10.1 Å². The van der Waals surface area contributed by atoms with Crippen LogP contribution in [0, 0.1) is 5.82 Å². The molecule has 2 aliphatic rings. The molecule has 0 radical (unpaired) electrons. The fourth-order valence-corrected chi connectivity index (χ4v) is 7.59. The third-order valence-electron chi connectivity index (χ3n) is 6.76. The highest BCUT2D eigenvalue weighted by atomic mass is 35.5. The summed E-state index contributed by atoms with van der Waals surface area (Å²) in [6.07, 6.45) is 4.88. The predicted molar refractivity (Wildman–Crippen MR) is 141 cm³/mol. The molecule has 4 aromatic rings. The van der Waals surface area contributed by atoms with E-state index < -0.39 is 27.8 Å². The molecular weight excluding hydrogens is 537 g/mol. The second-order valence-electron chi connectivity index (χ2n) is 9.18. The molecule has 0 unspecified atom stereocenters. The van der Waals surface area contributed by atoms with Gasteiger partial charge >= 0.3 is 0 Å². The summed E-state index contributed by atoms with van der Waals surface area (Å²) in [4.78, 5) is 21.1. The van der Waals surface area contributed by atoms with Crippen molar-refractivity contribution in [2.24, 2.45) is 0 Å². The van der Waals surface area contributed by atoms with Crippen molar-refractivity contribution in [3.05, 3.63) is 71.5 Å². The lowest BCUT2D eigenvalue weighted by Crippen LogP contribution is -2.41. The first-order valence-electron chi connectivity index (χ1n) is 11.9. The smallest absolute Gasteiger partial charge is 0.250 e. The molecule has 6 rings (SSSR count). The Morgan fingerprint density at radius 1 is 1.14 bits per heavy atom. The largest absolute Gasteiger partial charge is 0.308 e. The van der Waals surface area contributed by atoms with Crippen LogP contribution in [-0.4, -0.2) is 54.5 Å². The summed E-state index contributed by atoms with van der Waals surface area (Å²) in [5.74, 6) is -0.220. The van der Waals surface area contributed by atoms with Gasteiger partial charge in [-0.05, 0) is 61.6 Å². The van der Waals surface area contributed by atoms with Crippen LogP contribution in [-0.2, 0) is 21.4 Å². The number of thiophene rings is 1. The minimum atomic E-state index is -3.95. The zero-order valence-corrected chi connectivity index (χ0v) is 22.0. The third kappa shape index (κ3) is 4.66. The second-order valence-corrected chi connectivity index (χ2v) is 12.6. The molecule has 0 saturated carbocycles. The Hall–Kier alpha value is -2.83. The molecule has 0 aliphatic carbocycles. The molecule has 2 saturated heterocycles. The van der Waals surface area contributed by atoms with Crippen molar-refractivity contribution in [3.8, 4) is 5.69 Å². The van der Waals surface area contributed by atoms with Crippen LogP contribution < -0.4 is 9.62 Å². The zero-order chi connectivity index (χ0) is 25.7. The molecule has 8 nitrogen and oxygen atoms in total. The van der Waals surface area contributed by atoms with Gasteiger partial charge in [-0.25, -0.2) is 17.8 Å². The summed E-state index contributed by atoms with van der Waals surface area (Å²) in [5, 5.41) is 1.27. The SMILES string of the molecule is O=C1[C@@H](NS(=O)(=O)c2cc3ccc(Cl)cc3s2)CCN1c1ccc(-n2ccnc2CN2CCC2)cc1F. The number of imidazole rings is 1. The van der Waals surface area contributed by atoms with Crippen molar-refractivity contribution >= 4 is 54.6 Å². The van der Waals surface area contributed by atoms with Crippen LogP contribution in [0.3, 0.4) is 0 Å². The Balaban J connectivity index is 1.19. The zero-order valence-electron chi connectivity index (χ0n) is 19.6. The molecular formula is C25H23ClFN5O3S2. The number of nitrogens with one attached hydrogen (secondary N) is 1. The van der Waals surface area contributed by atoms with Crippen LogP contribution >= 0.6 is 22.9 Å². The number of rotatable bonds is 7. The van der Waals surface area contributed by atoms with Gasteiger partial charge < -0.3 is 9.47 Å². The van der Waals surface area contributed by atoms with Crippen LogP contribution in [0.1, 0.15) is 18.7 Å². The van der Waals surface area contributed by atoms with E-state index in [1.54, 1.807) is 48.8 Å². The first-order valence-corrected chi connectivity index (χ1v) is 14.5. The molecule has 192 valence electrons. The lowest BCUT2D eigenvalue weighted by molar-refractivity contribution is -0.118. The van der Waals surface area contributed by atoms with Crippen molar-refractivity contribution in [1.82, 2.24) is 19.2 Å². The number of nitrogens with zero attached hydrogens (tertiary/aromatic N) is 4. The summed E-state index contributed by atoms with van der Waals surface area (Å²) in [7, 11) is -3.95. The fourth-order valence-electron chi connectivity index (χ4n) is 4.68. The highest BCUT2D eigenvalue weighted by molar-refractivity contribution is 7.91. The van der Waals surface area contributed by atoms with E-state index in [2.05, 4.69) is 14.6 Å². The Morgan fingerprint density at radius 3 is 2.73 bits per heavy atom. The van der Waals surface area contributed by atoms with E-state index >= 15 is 4.39 Å². The number of carbonyl (C=O) groups is 1. The number of hydrogen-bond acceptors (Lipinski definition) is 6. The standard InChI is InChI=1S/C25H23ClFN5O3S2/c26-17-3-2-16-12-24(36-22(16)13-17)37(34,35)29-20-6-10-32(25(20)33)21-5-4-18(14-19(21)27)31-11-7-28-23(31)15-30-8-1-9-30/h2-5,7,11-14,20,29H,1,6,8-10,15H2/t20-/m0/s1. The first kappa shape index (κ1) is 24.5. The molecule has 37 heavy (non-hydrogen) atoms. The van der Waals surface area contributed by atoms with Gasteiger partial charge in [-0.15, -0.1) is 11.3 Å². The van der Waals surface area contributed by atoms with Gasteiger partial charge in [0.2, 0.25) is 5.91 Å². The number of sulfonamides is 1. The van der Waals surface area contributed by atoms with Gasteiger partial charge in [0.15, 0.2) is 0 Å². The summed E-state index contributed by atoms with van der Waals surface area (Å²) in [6.45, 7) is 2.95. The van der Waals surface area contributed by atoms with E-state index in [0.29, 0.717) is 17.3 Å². The number of amides is 1. The van der Waals surface area contributed by atoms with E-state index in [9.17, 15) is 13.2 Å². The molecule has 1 atom stereocenters. The third-order valence-corrected chi connectivity index (χ3v) is 10.0. The van der Waals surface area contributed by atoms with Crippen LogP contribution in [0.5, 0.6) is 0 Å². The van der Waals surface area contributed by atoms with Gasteiger partial charge in [-0.1, -0.05) is 17.7 Å². The van der Waals surface area contributed by atoms with Crippen LogP contribution in [0.2, 0.25) is 5.02 Å². The molecule has 12 heteroatoms. The Morgan fingerprint density at radius 2 is 1.97 bits per heavy atom. The number of fused-ring (bicyclic) bond motifs is 1. The topological polar surface area (TPSA) is 87.5 Å². The normalized spacial score (nSPS) is 18.6. The van der Waals surface area contributed by atoms with Crippen molar-refractivity contribution < 1.29 is 17.6 Å². The molecule has 0 spiro atoms. The molecule has 2 aromatic heterocycles. The van der Waals surface area contributed by atoms with E-state index in [0.717, 1.165) is 40.3 Å². The lowest BCUT2D eigenvalue weighted by Gasteiger charge is -2.30. The van der Waals surface area contributed by atoms with E-state index in [1.165, 1.54) is 17.4 Å². The fraction of sp³-hybridized carbons (Fsp3) is 0.280. The highest BCUT2D eigenvalue weighted by Crippen LogP contribution is 2.32. The maximum Gasteiger partial charge on any atom is 0.250 e. The quantitative estimate of drug-likeness (QED) is 0.367. The van der Waals surface area contributed by atoms with Crippen LogP contribution in [0.15, 0.2) is 59.1 Å². The van der Waals surface area contributed by atoms with Crippen LogP contribution in [0.25, 0.3) is 15.8 Å². The minimum absolute atomic E-state index is 0.0981. The summed E-state index contributed by atoms with van der Waals surface area (Å²) in [6, 6.07) is 10.4. The molecule has 4 heterocycles. The van der Waals surface area contributed by atoms with Gasteiger partial charge in [0.05, 0.1) is 12.2 Å². The average Bonchev–Trinajstić information content (AvgIpc) is 3.55. The van der Waals surface area contributed by atoms with Crippen molar-refractivity contribution in [1.29, 1.82) is 0 Å². The number of anilines is 1. The number of halogens is 2. The first-order chi connectivity index (χ1) is 17.8. The monoisotopic (exact) mass is 559 g/mol. The van der Waals surface area contributed by atoms with Gasteiger partial charge in [-0.2, -0.15) is 4.72 Å². The van der Waals surface area contributed by atoms with Gasteiger partial charge in [0.1, 0.15) is 21.9 Å². The maximum absolute atomic E-state index is 15.2. The molecule has 2 aromatic carbocycles. The Labute approximate surface area is 222 Å². The predicted octanol–water partition coefficient (Wildman–Crippen LogP) is 4.17. The van der Waals surface area contributed by atoms with Crippen molar-refractivity contribution in [3.63, 3.8) is 0 Å². The molecule has 1 N–H and O–H groups in total. The molecule has 2 aliphatic heterocycles. The van der Waals surface area contributed by atoms with E-state index in [1.807, 2.05) is 4.57 Å². The lowest BCUT2D eigenvalue weighted by atomic mass is 10.2. The summed E-state index contributed by atoms with van der Waals surface area (Å²) < 4.78 is 46.4. The Kier molecular flexibility index (Phi) is 6.28. The number of hydrogen-bond donors (Lipinski definition) is 1. The van der Waals surface area contributed by atoms with Gasteiger partial charge in [0.25, 0.3) is 10.0 Å². The maximum atomic E-state index is 15.2. The van der Waals surface area contributed by atoms with Crippen molar-refractivity contribution in [2.75, 3.05) is 24.5 Å². The molecule has 1 amide bonds. The molecule has 0 bridgehead atoms.